The molecule has 0 amide bonds. The van der Waals surface area contributed by atoms with Crippen molar-refractivity contribution >= 4 is 27.1 Å². The zero-order valence-corrected chi connectivity index (χ0v) is 15.3. The van der Waals surface area contributed by atoms with Gasteiger partial charge in [-0.15, -0.1) is 11.3 Å². The van der Waals surface area contributed by atoms with Gasteiger partial charge in [-0.2, -0.15) is 0 Å². The van der Waals surface area contributed by atoms with E-state index in [9.17, 15) is 13.2 Å². The lowest BCUT2D eigenvalue weighted by Gasteiger charge is -2.28. The van der Waals surface area contributed by atoms with Crippen molar-refractivity contribution in [1.29, 1.82) is 0 Å². The Hall–Kier alpha value is -1.50. The average molecular weight is 364 g/mol. The fourth-order valence-corrected chi connectivity index (χ4v) is 5.50. The van der Waals surface area contributed by atoms with Gasteiger partial charge in [0.25, 0.3) is 0 Å². The molecular formula is C18H21NO3S2. The third-order valence-corrected chi connectivity index (χ3v) is 7.27. The van der Waals surface area contributed by atoms with Crippen LogP contribution >= 0.6 is 11.3 Å². The molecular weight excluding hydrogens is 342 g/mol. The molecule has 0 spiro atoms. The number of carbonyl (C=O) groups is 1. The Morgan fingerprint density at radius 3 is 2.58 bits per heavy atom. The highest BCUT2D eigenvalue weighted by molar-refractivity contribution is 7.89. The maximum Gasteiger partial charge on any atom is 0.240 e. The van der Waals surface area contributed by atoms with Crippen molar-refractivity contribution in [2.24, 2.45) is 0 Å². The van der Waals surface area contributed by atoms with E-state index in [1.807, 2.05) is 11.4 Å². The molecule has 1 heterocycles. The highest BCUT2D eigenvalue weighted by Gasteiger charge is 2.37. The molecule has 6 heteroatoms. The molecule has 1 aromatic heterocycles. The van der Waals surface area contributed by atoms with Gasteiger partial charge in [0.2, 0.25) is 10.0 Å². The van der Waals surface area contributed by atoms with E-state index in [1.165, 1.54) is 23.9 Å². The van der Waals surface area contributed by atoms with Crippen LogP contribution in [0.5, 0.6) is 0 Å². The van der Waals surface area contributed by atoms with E-state index in [2.05, 4.69) is 10.8 Å². The van der Waals surface area contributed by atoms with Crippen LogP contribution < -0.4 is 4.72 Å². The fourth-order valence-electron chi connectivity index (χ4n) is 3.34. The van der Waals surface area contributed by atoms with Crippen LogP contribution in [0, 0.1) is 0 Å². The third-order valence-electron chi connectivity index (χ3n) is 4.76. The minimum atomic E-state index is -3.63. The highest BCUT2D eigenvalue weighted by Crippen LogP contribution is 2.42. The molecule has 0 unspecified atom stereocenters. The number of benzene rings is 1. The summed E-state index contributed by atoms with van der Waals surface area (Å²) in [6.07, 6.45) is 4.26. The van der Waals surface area contributed by atoms with E-state index >= 15 is 0 Å². The second-order valence-corrected chi connectivity index (χ2v) is 9.09. The van der Waals surface area contributed by atoms with E-state index in [4.69, 9.17) is 0 Å². The molecule has 1 aromatic carbocycles. The molecule has 0 aliphatic heterocycles. The zero-order chi connectivity index (χ0) is 17.2. The summed E-state index contributed by atoms with van der Waals surface area (Å²) in [5, 5.41) is 2.04. The van der Waals surface area contributed by atoms with Crippen molar-refractivity contribution < 1.29 is 13.2 Å². The van der Waals surface area contributed by atoms with Gasteiger partial charge in [-0.25, -0.2) is 13.1 Å². The van der Waals surface area contributed by atoms with Gasteiger partial charge in [0, 0.05) is 22.4 Å². The molecule has 2 aromatic rings. The molecule has 1 aliphatic rings. The van der Waals surface area contributed by atoms with E-state index in [-0.39, 0.29) is 16.1 Å². The van der Waals surface area contributed by atoms with Crippen molar-refractivity contribution in [1.82, 2.24) is 4.72 Å². The van der Waals surface area contributed by atoms with E-state index in [0.717, 1.165) is 25.7 Å². The van der Waals surface area contributed by atoms with E-state index in [1.54, 1.807) is 23.5 Å². The number of thiophene rings is 1. The SMILES string of the molecule is CC(=O)c1cccc(S(=O)(=O)NCC2(c3cccs3)CCCC2)c1. The molecule has 0 saturated heterocycles. The van der Waals surface area contributed by atoms with Crippen LogP contribution in [0.4, 0.5) is 0 Å². The largest absolute Gasteiger partial charge is 0.295 e. The number of rotatable bonds is 6. The van der Waals surface area contributed by atoms with Gasteiger partial charge in [-0.3, -0.25) is 4.79 Å². The lowest BCUT2D eigenvalue weighted by Crippen LogP contribution is -2.38. The first-order valence-electron chi connectivity index (χ1n) is 8.08. The number of hydrogen-bond acceptors (Lipinski definition) is 4. The lowest BCUT2D eigenvalue weighted by molar-refractivity contribution is 0.101. The second kappa shape index (κ2) is 6.78. The van der Waals surface area contributed by atoms with Crippen LogP contribution in [0.1, 0.15) is 47.8 Å². The zero-order valence-electron chi connectivity index (χ0n) is 13.6. The van der Waals surface area contributed by atoms with Crippen molar-refractivity contribution in [2.45, 2.75) is 42.9 Å². The minimum absolute atomic E-state index is 0.0978. The van der Waals surface area contributed by atoms with Crippen LogP contribution in [0.15, 0.2) is 46.7 Å². The number of sulfonamides is 1. The van der Waals surface area contributed by atoms with Gasteiger partial charge in [0.15, 0.2) is 5.78 Å². The normalized spacial score (nSPS) is 17.0. The molecule has 0 bridgehead atoms. The van der Waals surface area contributed by atoms with Crippen molar-refractivity contribution in [3.05, 3.63) is 52.2 Å². The summed E-state index contributed by atoms with van der Waals surface area (Å²) in [4.78, 5) is 12.9. The van der Waals surface area contributed by atoms with Crippen molar-refractivity contribution in [3.63, 3.8) is 0 Å². The summed E-state index contributed by atoms with van der Waals surface area (Å²) in [5.74, 6) is -0.141. The van der Waals surface area contributed by atoms with Gasteiger partial charge < -0.3 is 0 Å². The Balaban J connectivity index is 1.82. The van der Waals surface area contributed by atoms with Crippen LogP contribution in [-0.4, -0.2) is 20.7 Å². The molecule has 128 valence electrons. The molecule has 0 radical (unpaired) electrons. The van der Waals surface area contributed by atoms with E-state index in [0.29, 0.717) is 12.1 Å². The van der Waals surface area contributed by atoms with Crippen molar-refractivity contribution in [3.8, 4) is 0 Å². The molecule has 1 N–H and O–H groups in total. The fraction of sp³-hybridized carbons (Fsp3) is 0.389. The van der Waals surface area contributed by atoms with Crippen LogP contribution in [0.25, 0.3) is 0 Å². The average Bonchev–Trinajstić information content (AvgIpc) is 3.25. The first-order chi connectivity index (χ1) is 11.4. The predicted molar refractivity (Wildman–Crippen MR) is 96.1 cm³/mol. The van der Waals surface area contributed by atoms with Gasteiger partial charge in [-0.1, -0.05) is 31.0 Å². The summed E-state index contributed by atoms with van der Waals surface area (Å²) in [6, 6.07) is 10.3. The monoisotopic (exact) mass is 363 g/mol. The van der Waals surface area contributed by atoms with Crippen LogP contribution in [-0.2, 0) is 15.4 Å². The maximum atomic E-state index is 12.7. The first kappa shape index (κ1) is 17.3. The van der Waals surface area contributed by atoms with Crippen LogP contribution in [0.2, 0.25) is 0 Å². The standard InChI is InChI=1S/C18H21NO3S2/c1-14(20)15-6-4-7-16(12-15)24(21,22)19-13-18(9-2-3-10-18)17-8-5-11-23-17/h4-8,11-12,19H,2-3,9-10,13H2,1H3. The number of carbonyl (C=O) groups excluding carboxylic acids is 1. The lowest BCUT2D eigenvalue weighted by atomic mass is 9.85. The molecule has 4 nitrogen and oxygen atoms in total. The second-order valence-electron chi connectivity index (χ2n) is 6.37. The Morgan fingerprint density at radius 1 is 1.21 bits per heavy atom. The van der Waals surface area contributed by atoms with E-state index < -0.39 is 10.0 Å². The van der Waals surface area contributed by atoms with Crippen molar-refractivity contribution in [2.75, 3.05) is 6.54 Å². The quantitative estimate of drug-likeness (QED) is 0.795. The molecule has 0 atom stereocenters. The Labute approximate surface area is 147 Å². The van der Waals surface area contributed by atoms with Gasteiger partial charge in [0.1, 0.15) is 0 Å². The topological polar surface area (TPSA) is 63.2 Å². The predicted octanol–water partition coefficient (Wildman–Crippen LogP) is 3.74. The molecule has 3 rings (SSSR count). The summed E-state index contributed by atoms with van der Waals surface area (Å²) >= 11 is 1.69. The Morgan fingerprint density at radius 2 is 1.96 bits per heavy atom. The number of ketones is 1. The molecule has 1 saturated carbocycles. The summed E-state index contributed by atoms with van der Waals surface area (Å²) in [7, 11) is -3.63. The summed E-state index contributed by atoms with van der Waals surface area (Å²) in [5.41, 5.74) is 0.311. The van der Waals surface area contributed by atoms with Gasteiger partial charge in [0.05, 0.1) is 4.90 Å². The number of Topliss-reactive ketones (excluding diaryl/α,β-unsaturated/α-hetero) is 1. The maximum absolute atomic E-state index is 12.7. The third kappa shape index (κ3) is 3.45. The van der Waals surface area contributed by atoms with Gasteiger partial charge in [-0.05, 0) is 43.3 Å². The summed E-state index contributed by atoms with van der Waals surface area (Å²) < 4.78 is 28.1. The van der Waals surface area contributed by atoms with Crippen LogP contribution in [0.3, 0.4) is 0 Å². The first-order valence-corrected chi connectivity index (χ1v) is 10.4. The smallest absolute Gasteiger partial charge is 0.240 e. The Kier molecular flexibility index (Phi) is 4.90. The molecule has 24 heavy (non-hydrogen) atoms. The number of nitrogens with one attached hydrogen (secondary N) is 1. The Bertz CT molecular complexity index is 820. The minimum Gasteiger partial charge on any atom is -0.295 e. The summed E-state index contributed by atoms with van der Waals surface area (Å²) in [6.45, 7) is 1.84. The highest BCUT2D eigenvalue weighted by atomic mass is 32.2. The number of hydrogen-bond donors (Lipinski definition) is 1. The molecule has 1 fully saturated rings. The van der Waals surface area contributed by atoms with Gasteiger partial charge >= 0.3 is 0 Å². The molecule has 1 aliphatic carbocycles.